The molecule has 0 saturated carbocycles. The second-order valence-corrected chi connectivity index (χ2v) is 8.57. The van der Waals surface area contributed by atoms with Crippen molar-refractivity contribution in [3.05, 3.63) is 78.3 Å². The molecule has 0 N–H and O–H groups in total. The summed E-state index contributed by atoms with van der Waals surface area (Å²) in [5, 5.41) is 9.59. The van der Waals surface area contributed by atoms with Gasteiger partial charge in [0.05, 0.1) is 28.8 Å². The topological polar surface area (TPSA) is 48.0 Å². The van der Waals surface area contributed by atoms with Crippen LogP contribution in [0, 0.1) is 6.92 Å². The molecule has 0 aliphatic carbocycles. The van der Waals surface area contributed by atoms with E-state index in [4.69, 9.17) is 14.3 Å². The quantitative estimate of drug-likeness (QED) is 0.285. The second kappa shape index (κ2) is 4.30. The molecule has 144 valence electrons. The highest BCUT2D eigenvalue weighted by molar-refractivity contribution is 6.23. The molecular formula is C25H14N4O2+2. The Hall–Kier alpha value is -4.19. The van der Waals surface area contributed by atoms with Crippen LogP contribution < -0.4 is 13.9 Å². The normalized spacial score (nSPS) is 18.9. The van der Waals surface area contributed by atoms with Crippen LogP contribution in [0.2, 0.25) is 0 Å². The third-order valence-corrected chi connectivity index (χ3v) is 7.14. The Morgan fingerprint density at radius 2 is 1.97 bits per heavy atom. The average molecular weight is 402 g/mol. The van der Waals surface area contributed by atoms with Crippen molar-refractivity contribution in [3.63, 3.8) is 0 Å². The summed E-state index contributed by atoms with van der Waals surface area (Å²) in [6.07, 6.45) is 3.95. The smallest absolute Gasteiger partial charge is 0.464 e. The summed E-state index contributed by atoms with van der Waals surface area (Å²) >= 11 is 0. The molecule has 1 atom stereocenters. The van der Waals surface area contributed by atoms with Gasteiger partial charge < -0.3 is 9.15 Å². The Balaban J connectivity index is 1.66. The zero-order chi connectivity index (χ0) is 20.1. The van der Waals surface area contributed by atoms with Crippen molar-refractivity contribution in [3.8, 4) is 23.0 Å². The van der Waals surface area contributed by atoms with Crippen LogP contribution in [-0.4, -0.2) is 9.78 Å². The summed E-state index contributed by atoms with van der Waals surface area (Å²) < 4.78 is 19.3. The van der Waals surface area contributed by atoms with Gasteiger partial charge in [0.1, 0.15) is 11.3 Å². The molecule has 6 heteroatoms. The molecule has 0 amide bonds. The zero-order valence-corrected chi connectivity index (χ0v) is 16.5. The Bertz CT molecular complexity index is 1840. The predicted octanol–water partition coefficient (Wildman–Crippen LogP) is 3.97. The van der Waals surface area contributed by atoms with Crippen LogP contribution in [0.4, 0.5) is 0 Å². The maximum Gasteiger partial charge on any atom is 0.504 e. The number of aryl methyl sites for hydroxylation is 1. The lowest BCUT2D eigenvalue weighted by Gasteiger charge is -2.23. The summed E-state index contributed by atoms with van der Waals surface area (Å²) in [4.78, 5) is 0. The van der Waals surface area contributed by atoms with Crippen LogP contribution in [0.25, 0.3) is 44.0 Å². The molecule has 31 heavy (non-hydrogen) atoms. The number of hydrogen-bond donors (Lipinski definition) is 0. The highest BCUT2D eigenvalue weighted by Crippen LogP contribution is 2.52. The van der Waals surface area contributed by atoms with Gasteiger partial charge in [0, 0.05) is 22.9 Å². The van der Waals surface area contributed by atoms with Crippen LogP contribution in [-0.2, 0) is 5.79 Å². The van der Waals surface area contributed by atoms with E-state index < -0.39 is 5.79 Å². The van der Waals surface area contributed by atoms with Crippen molar-refractivity contribution in [1.29, 1.82) is 0 Å². The molecule has 3 aliphatic rings. The molecule has 0 fully saturated rings. The van der Waals surface area contributed by atoms with Crippen LogP contribution in [0.5, 0.6) is 11.6 Å². The van der Waals surface area contributed by atoms with Gasteiger partial charge in [0.2, 0.25) is 11.2 Å². The first-order valence-corrected chi connectivity index (χ1v) is 10.4. The minimum atomic E-state index is -0.677. The minimum absolute atomic E-state index is 0.677. The number of nitrogens with zero attached hydrogens (tertiary/aromatic N) is 4. The minimum Gasteiger partial charge on any atom is -0.464 e. The third-order valence-electron chi connectivity index (χ3n) is 7.14. The number of ether oxygens (including phenoxy) is 1. The molecule has 0 bridgehead atoms. The molecule has 1 spiro atoms. The SMILES string of the molecule is Cc1cc2n(n1)C13c4c(ccc5c6occc6c6ccc[n+]1c6c45)Oc1cccc-2[n+]13. The molecule has 2 aromatic carbocycles. The molecule has 6 nitrogen and oxygen atoms in total. The van der Waals surface area contributed by atoms with E-state index in [0.717, 1.165) is 50.6 Å². The van der Waals surface area contributed by atoms with Gasteiger partial charge in [-0.15, -0.1) is 9.25 Å². The van der Waals surface area contributed by atoms with Gasteiger partial charge in [0.25, 0.3) is 0 Å². The maximum atomic E-state index is 6.48. The van der Waals surface area contributed by atoms with Gasteiger partial charge in [0.15, 0.2) is 17.5 Å². The van der Waals surface area contributed by atoms with Crippen molar-refractivity contribution in [1.82, 2.24) is 9.78 Å². The first-order chi connectivity index (χ1) is 15.3. The molecule has 0 radical (unpaired) electrons. The summed E-state index contributed by atoms with van der Waals surface area (Å²) in [6, 6.07) is 19.0. The van der Waals surface area contributed by atoms with E-state index in [2.05, 4.69) is 75.5 Å². The van der Waals surface area contributed by atoms with Crippen molar-refractivity contribution in [2.24, 2.45) is 0 Å². The Kier molecular flexibility index (Phi) is 2.04. The van der Waals surface area contributed by atoms with Crippen molar-refractivity contribution in [2.45, 2.75) is 12.7 Å². The number of furan rings is 1. The Labute approximate surface area is 175 Å². The van der Waals surface area contributed by atoms with E-state index >= 15 is 0 Å². The Morgan fingerprint density at radius 1 is 1.00 bits per heavy atom. The highest BCUT2D eigenvalue weighted by Gasteiger charge is 2.72. The summed E-state index contributed by atoms with van der Waals surface area (Å²) in [7, 11) is 0. The van der Waals surface area contributed by atoms with E-state index in [0.29, 0.717) is 0 Å². The maximum absolute atomic E-state index is 6.48. The largest absolute Gasteiger partial charge is 0.504 e. The van der Waals surface area contributed by atoms with Gasteiger partial charge in [-0.2, -0.15) is 5.10 Å². The van der Waals surface area contributed by atoms with E-state index in [9.17, 15) is 0 Å². The van der Waals surface area contributed by atoms with Gasteiger partial charge >= 0.3 is 11.7 Å². The molecule has 9 rings (SSSR count). The van der Waals surface area contributed by atoms with E-state index in [1.807, 2.05) is 6.07 Å². The number of benzene rings is 2. The number of pyridine rings is 2. The fourth-order valence-electron chi connectivity index (χ4n) is 6.17. The standard InChI is InChI=1S/C25H14N4O2/c1-13-12-18-17-5-2-6-20-28(17)25(29(18)26-13)22-19(31-20)8-7-16-21(22)23-14(4-3-10-27(23)25)15-9-11-30-24(15)16/h2-12H,1H3/q+2. The number of hydrogen-bond acceptors (Lipinski definition) is 3. The van der Waals surface area contributed by atoms with Gasteiger partial charge in [-0.1, -0.05) is 4.57 Å². The molecular weight excluding hydrogens is 388 g/mol. The third kappa shape index (κ3) is 1.28. The van der Waals surface area contributed by atoms with Crippen LogP contribution in [0.3, 0.4) is 0 Å². The van der Waals surface area contributed by atoms with Crippen molar-refractivity contribution >= 4 is 32.6 Å². The van der Waals surface area contributed by atoms with Crippen molar-refractivity contribution in [2.75, 3.05) is 0 Å². The molecule has 7 heterocycles. The van der Waals surface area contributed by atoms with Crippen LogP contribution in [0.15, 0.2) is 71.5 Å². The lowest BCUT2D eigenvalue weighted by atomic mass is 9.97. The van der Waals surface area contributed by atoms with Gasteiger partial charge in [-0.05, 0) is 43.3 Å². The Morgan fingerprint density at radius 3 is 2.94 bits per heavy atom. The van der Waals surface area contributed by atoms with Crippen LogP contribution in [0.1, 0.15) is 11.3 Å². The average Bonchev–Trinajstić information content (AvgIpc) is 3.53. The van der Waals surface area contributed by atoms with Gasteiger partial charge in [-0.25, -0.2) is 0 Å². The molecule has 4 aromatic heterocycles. The summed E-state index contributed by atoms with van der Waals surface area (Å²) in [6.45, 7) is 2.05. The number of rotatable bonds is 0. The molecule has 6 aromatic rings. The lowest BCUT2D eigenvalue weighted by Crippen LogP contribution is -2.75. The zero-order valence-electron chi connectivity index (χ0n) is 16.5. The fourth-order valence-corrected chi connectivity index (χ4v) is 6.17. The molecule has 3 aliphatic heterocycles. The van der Waals surface area contributed by atoms with E-state index in [1.165, 1.54) is 16.3 Å². The van der Waals surface area contributed by atoms with E-state index in [-0.39, 0.29) is 0 Å². The fraction of sp³-hybridized carbons (Fsp3) is 0.0800. The first-order valence-electron chi connectivity index (χ1n) is 10.4. The second-order valence-electron chi connectivity index (χ2n) is 8.57. The first kappa shape index (κ1) is 14.7. The number of aromatic nitrogens is 4. The highest BCUT2D eigenvalue weighted by atomic mass is 16.5. The summed E-state index contributed by atoms with van der Waals surface area (Å²) in [5.74, 6) is 0.999. The predicted molar refractivity (Wildman–Crippen MR) is 112 cm³/mol. The number of fused-ring (bicyclic) bond motifs is 5. The van der Waals surface area contributed by atoms with Gasteiger partial charge in [-0.3, -0.25) is 0 Å². The molecule has 0 saturated heterocycles. The monoisotopic (exact) mass is 402 g/mol. The molecule has 1 unspecified atom stereocenters. The lowest BCUT2D eigenvalue weighted by molar-refractivity contribution is -0.969. The van der Waals surface area contributed by atoms with Crippen molar-refractivity contribution < 1.29 is 18.3 Å². The van der Waals surface area contributed by atoms with E-state index in [1.54, 1.807) is 6.26 Å². The summed E-state index contributed by atoms with van der Waals surface area (Å²) in [5.41, 5.74) is 6.41. The van der Waals surface area contributed by atoms with Crippen LogP contribution >= 0.6 is 0 Å².